The topological polar surface area (TPSA) is 90.5 Å². The fourth-order valence-electron chi connectivity index (χ4n) is 2.50. The lowest BCUT2D eigenvalue weighted by molar-refractivity contribution is -0.384. The average molecular weight is 398 g/mol. The average Bonchev–Trinajstić information content (AvgIpc) is 3.20. The number of ether oxygens (including phenoxy) is 1. The van der Waals surface area contributed by atoms with E-state index >= 15 is 0 Å². The van der Waals surface area contributed by atoms with Crippen molar-refractivity contribution in [2.45, 2.75) is 5.16 Å². The highest BCUT2D eigenvalue weighted by Gasteiger charge is 2.15. The van der Waals surface area contributed by atoms with Crippen molar-refractivity contribution >= 4 is 29.0 Å². The standard InChI is InChI=1S/C19H18N4O4S/c1-21(14-3-5-16(6-4-14)23(25)26)18(24)13-28-19-20-11-12-22(19)15-7-9-17(27-2)10-8-15/h3-12H,13H2,1-2H3. The number of hydrogen-bond donors (Lipinski definition) is 0. The van der Waals surface area contributed by atoms with Gasteiger partial charge in [0.1, 0.15) is 5.75 Å². The Morgan fingerprint density at radius 2 is 1.89 bits per heavy atom. The molecule has 0 saturated heterocycles. The van der Waals surface area contributed by atoms with E-state index in [0.717, 1.165) is 11.4 Å². The van der Waals surface area contributed by atoms with E-state index in [9.17, 15) is 14.9 Å². The fourth-order valence-corrected chi connectivity index (χ4v) is 3.39. The van der Waals surface area contributed by atoms with E-state index < -0.39 is 4.92 Å². The van der Waals surface area contributed by atoms with Crippen LogP contribution < -0.4 is 9.64 Å². The van der Waals surface area contributed by atoms with Gasteiger partial charge in [0.05, 0.1) is 17.8 Å². The molecule has 0 N–H and O–H groups in total. The lowest BCUT2D eigenvalue weighted by atomic mass is 10.2. The van der Waals surface area contributed by atoms with E-state index in [0.29, 0.717) is 10.8 Å². The van der Waals surface area contributed by atoms with Crippen LogP contribution in [0.3, 0.4) is 0 Å². The summed E-state index contributed by atoms with van der Waals surface area (Å²) in [6.07, 6.45) is 3.51. The molecule has 0 spiro atoms. The zero-order chi connectivity index (χ0) is 20.1. The zero-order valence-corrected chi connectivity index (χ0v) is 16.1. The molecule has 2 aromatic carbocycles. The number of benzene rings is 2. The molecule has 0 saturated carbocycles. The van der Waals surface area contributed by atoms with Crippen LogP contribution in [-0.2, 0) is 4.79 Å². The number of carbonyl (C=O) groups is 1. The third-order valence-corrected chi connectivity index (χ3v) is 5.06. The number of amides is 1. The van der Waals surface area contributed by atoms with Crippen LogP contribution in [0.2, 0.25) is 0 Å². The summed E-state index contributed by atoms with van der Waals surface area (Å²) in [6.45, 7) is 0. The van der Waals surface area contributed by atoms with Crippen molar-refractivity contribution in [3.05, 3.63) is 71.0 Å². The summed E-state index contributed by atoms with van der Waals surface area (Å²) in [6, 6.07) is 13.4. The van der Waals surface area contributed by atoms with Gasteiger partial charge in [0.25, 0.3) is 5.69 Å². The lowest BCUT2D eigenvalue weighted by Crippen LogP contribution is -2.28. The highest BCUT2D eigenvalue weighted by atomic mass is 32.2. The van der Waals surface area contributed by atoms with Gasteiger partial charge in [-0.2, -0.15) is 0 Å². The Morgan fingerprint density at radius 1 is 1.21 bits per heavy atom. The highest BCUT2D eigenvalue weighted by molar-refractivity contribution is 7.99. The van der Waals surface area contributed by atoms with Gasteiger partial charge in [0, 0.05) is 42.9 Å². The van der Waals surface area contributed by atoms with Crippen LogP contribution in [0.15, 0.2) is 66.1 Å². The van der Waals surface area contributed by atoms with Gasteiger partial charge in [0.15, 0.2) is 5.16 Å². The number of carbonyl (C=O) groups excluding carboxylic acids is 1. The summed E-state index contributed by atoms with van der Waals surface area (Å²) in [7, 11) is 3.25. The second-order valence-corrected chi connectivity index (χ2v) is 6.74. The predicted octanol–water partition coefficient (Wildman–Crippen LogP) is 3.54. The number of anilines is 1. The number of nitro groups is 1. The number of nitrogens with zero attached hydrogens (tertiary/aromatic N) is 4. The first-order chi connectivity index (χ1) is 13.5. The van der Waals surface area contributed by atoms with Crippen molar-refractivity contribution in [1.82, 2.24) is 9.55 Å². The number of thioether (sulfide) groups is 1. The third-order valence-electron chi connectivity index (χ3n) is 4.10. The summed E-state index contributed by atoms with van der Waals surface area (Å²) in [5.74, 6) is 0.807. The second-order valence-electron chi connectivity index (χ2n) is 5.79. The van der Waals surface area contributed by atoms with Crippen LogP contribution >= 0.6 is 11.8 Å². The molecular weight excluding hydrogens is 380 g/mol. The highest BCUT2D eigenvalue weighted by Crippen LogP contribution is 2.24. The van der Waals surface area contributed by atoms with E-state index in [-0.39, 0.29) is 17.3 Å². The molecule has 1 aromatic heterocycles. The van der Waals surface area contributed by atoms with Crippen molar-refractivity contribution in [3.8, 4) is 11.4 Å². The predicted molar refractivity (Wildman–Crippen MR) is 107 cm³/mol. The molecule has 0 radical (unpaired) electrons. The smallest absolute Gasteiger partial charge is 0.269 e. The molecule has 0 aliphatic rings. The number of aromatic nitrogens is 2. The minimum Gasteiger partial charge on any atom is -0.497 e. The van der Waals surface area contributed by atoms with Crippen molar-refractivity contribution in [2.75, 3.05) is 24.8 Å². The lowest BCUT2D eigenvalue weighted by Gasteiger charge is -2.17. The number of hydrogen-bond acceptors (Lipinski definition) is 6. The van der Waals surface area contributed by atoms with E-state index in [1.807, 2.05) is 35.0 Å². The number of non-ortho nitro benzene ring substituents is 1. The van der Waals surface area contributed by atoms with Crippen LogP contribution in [-0.4, -0.2) is 40.3 Å². The second kappa shape index (κ2) is 8.57. The quantitative estimate of drug-likeness (QED) is 0.343. The zero-order valence-electron chi connectivity index (χ0n) is 15.3. The SMILES string of the molecule is COc1ccc(-n2ccnc2SCC(=O)N(C)c2ccc([N+](=O)[O-])cc2)cc1. The number of nitro benzene ring substituents is 1. The molecule has 28 heavy (non-hydrogen) atoms. The van der Waals surface area contributed by atoms with Crippen molar-refractivity contribution in [2.24, 2.45) is 0 Å². The van der Waals surface area contributed by atoms with Gasteiger partial charge >= 0.3 is 0 Å². The molecule has 9 heteroatoms. The first-order valence-corrected chi connectivity index (χ1v) is 9.29. The number of rotatable bonds is 7. The third kappa shape index (κ3) is 4.32. The van der Waals surface area contributed by atoms with Crippen LogP contribution in [0.4, 0.5) is 11.4 Å². The summed E-state index contributed by atoms with van der Waals surface area (Å²) >= 11 is 1.32. The molecule has 3 rings (SSSR count). The monoisotopic (exact) mass is 398 g/mol. The normalized spacial score (nSPS) is 10.5. The molecule has 1 heterocycles. The van der Waals surface area contributed by atoms with Gasteiger partial charge in [0.2, 0.25) is 5.91 Å². The van der Waals surface area contributed by atoms with E-state index in [1.54, 1.807) is 32.5 Å². The van der Waals surface area contributed by atoms with Crippen LogP contribution in [0.25, 0.3) is 5.69 Å². The first kappa shape index (κ1) is 19.4. The molecule has 144 valence electrons. The fraction of sp³-hybridized carbons (Fsp3) is 0.158. The molecule has 8 nitrogen and oxygen atoms in total. The Balaban J connectivity index is 1.66. The van der Waals surface area contributed by atoms with Gasteiger partial charge in [-0.25, -0.2) is 4.98 Å². The summed E-state index contributed by atoms with van der Waals surface area (Å²) in [5, 5.41) is 11.4. The van der Waals surface area contributed by atoms with E-state index in [2.05, 4.69) is 4.98 Å². The Morgan fingerprint density at radius 3 is 2.50 bits per heavy atom. The Bertz CT molecular complexity index is 970. The number of methoxy groups -OCH3 is 1. The molecule has 0 fully saturated rings. The van der Waals surface area contributed by atoms with Gasteiger partial charge < -0.3 is 9.64 Å². The van der Waals surface area contributed by atoms with Crippen LogP contribution in [0.5, 0.6) is 5.75 Å². The Hall–Kier alpha value is -3.33. The maximum atomic E-state index is 12.5. The number of imidazole rings is 1. The molecule has 0 atom stereocenters. The minimum absolute atomic E-state index is 0.0134. The molecule has 0 unspecified atom stereocenters. The van der Waals surface area contributed by atoms with E-state index in [1.165, 1.54) is 28.8 Å². The van der Waals surface area contributed by atoms with Gasteiger partial charge in [-0.15, -0.1) is 0 Å². The van der Waals surface area contributed by atoms with Gasteiger partial charge in [-0.1, -0.05) is 11.8 Å². The van der Waals surface area contributed by atoms with Gasteiger partial charge in [-0.3, -0.25) is 19.5 Å². The maximum Gasteiger partial charge on any atom is 0.269 e. The van der Waals surface area contributed by atoms with Crippen molar-refractivity contribution < 1.29 is 14.5 Å². The van der Waals surface area contributed by atoms with Crippen molar-refractivity contribution in [3.63, 3.8) is 0 Å². The van der Waals surface area contributed by atoms with E-state index in [4.69, 9.17) is 4.74 Å². The van der Waals surface area contributed by atoms with Crippen LogP contribution in [0.1, 0.15) is 0 Å². The summed E-state index contributed by atoms with van der Waals surface area (Å²) < 4.78 is 7.06. The van der Waals surface area contributed by atoms with Crippen molar-refractivity contribution in [1.29, 1.82) is 0 Å². The molecule has 0 bridgehead atoms. The van der Waals surface area contributed by atoms with Crippen LogP contribution in [0, 0.1) is 10.1 Å². The minimum atomic E-state index is -0.472. The molecule has 0 aliphatic heterocycles. The Labute approximate surface area is 165 Å². The first-order valence-electron chi connectivity index (χ1n) is 8.31. The maximum absolute atomic E-state index is 12.5. The molecular formula is C19H18N4O4S. The molecule has 1 amide bonds. The molecule has 0 aliphatic carbocycles. The molecule has 3 aromatic rings. The summed E-state index contributed by atoms with van der Waals surface area (Å²) in [4.78, 5) is 28.6. The largest absolute Gasteiger partial charge is 0.497 e. The summed E-state index contributed by atoms with van der Waals surface area (Å²) in [5.41, 5.74) is 1.49. The van der Waals surface area contributed by atoms with Gasteiger partial charge in [-0.05, 0) is 36.4 Å². The Kier molecular flexibility index (Phi) is 5.95.